The quantitative estimate of drug-likeness (QED) is 0.440. The molecule has 7 heteroatoms. The molecule has 1 aromatic heterocycles. The number of hydrogen-bond donors (Lipinski definition) is 1. The van der Waals surface area contributed by atoms with Gasteiger partial charge in [0.15, 0.2) is 0 Å². The van der Waals surface area contributed by atoms with E-state index in [2.05, 4.69) is 16.0 Å². The summed E-state index contributed by atoms with van der Waals surface area (Å²) in [5, 5.41) is 10.2. The Morgan fingerprint density at radius 3 is 2.54 bits per heavy atom. The second kappa shape index (κ2) is 9.41. The van der Waals surface area contributed by atoms with E-state index < -0.39 is 11.6 Å². The van der Waals surface area contributed by atoms with Crippen molar-refractivity contribution in [1.29, 1.82) is 5.26 Å². The maximum atomic E-state index is 14.2. The second-order valence-corrected chi connectivity index (χ2v) is 8.78. The van der Waals surface area contributed by atoms with Gasteiger partial charge in [0.2, 0.25) is 0 Å². The Labute approximate surface area is 202 Å². The minimum absolute atomic E-state index is 0.0938. The van der Waals surface area contributed by atoms with E-state index >= 15 is 0 Å². The predicted molar refractivity (Wildman–Crippen MR) is 133 cm³/mol. The van der Waals surface area contributed by atoms with Crippen molar-refractivity contribution in [3.8, 4) is 28.3 Å². The number of ether oxygens (including phenoxy) is 1. The van der Waals surface area contributed by atoms with Crippen LogP contribution >= 0.6 is 0 Å². The van der Waals surface area contributed by atoms with Crippen LogP contribution in [0.3, 0.4) is 0 Å². The van der Waals surface area contributed by atoms with Crippen molar-refractivity contribution in [3.05, 3.63) is 84.1 Å². The first kappa shape index (κ1) is 22.9. The summed E-state index contributed by atoms with van der Waals surface area (Å²) in [6, 6.07) is 18.9. The normalized spacial score (nSPS) is 18.0. The molecule has 5 nitrogen and oxygen atoms in total. The van der Waals surface area contributed by atoms with Crippen LogP contribution in [0.15, 0.2) is 66.9 Å². The van der Waals surface area contributed by atoms with Crippen LogP contribution in [0.1, 0.15) is 12.0 Å². The summed E-state index contributed by atoms with van der Waals surface area (Å²) in [5.74, 6) is -1.30. The average molecular weight is 471 g/mol. The highest BCUT2D eigenvalue weighted by Gasteiger charge is 2.29. The van der Waals surface area contributed by atoms with Crippen LogP contribution < -0.4 is 10.6 Å². The Hall–Kier alpha value is -3.86. The molecule has 1 saturated heterocycles. The summed E-state index contributed by atoms with van der Waals surface area (Å²) in [5.41, 5.74) is 11.3. The van der Waals surface area contributed by atoms with Crippen molar-refractivity contribution < 1.29 is 13.5 Å². The smallest absolute Gasteiger partial charge is 0.126 e. The first-order valence-corrected chi connectivity index (χ1v) is 11.4. The zero-order valence-electron chi connectivity index (χ0n) is 19.2. The van der Waals surface area contributed by atoms with E-state index in [9.17, 15) is 14.0 Å². The highest BCUT2D eigenvalue weighted by atomic mass is 19.1. The fourth-order valence-corrected chi connectivity index (χ4v) is 4.77. The largest absolute Gasteiger partial charge is 0.378 e. The van der Waals surface area contributed by atoms with E-state index in [1.807, 2.05) is 36.4 Å². The maximum absolute atomic E-state index is 14.2. The maximum Gasteiger partial charge on any atom is 0.126 e. The fourth-order valence-electron chi connectivity index (χ4n) is 4.77. The van der Waals surface area contributed by atoms with Gasteiger partial charge in [0.1, 0.15) is 11.6 Å². The molecular weight excluding hydrogens is 446 g/mol. The number of piperidine rings is 1. The van der Waals surface area contributed by atoms with Gasteiger partial charge in [-0.2, -0.15) is 5.26 Å². The van der Waals surface area contributed by atoms with Gasteiger partial charge < -0.3 is 15.4 Å². The van der Waals surface area contributed by atoms with Gasteiger partial charge in [-0.15, -0.1) is 0 Å². The van der Waals surface area contributed by atoms with Crippen LogP contribution in [0.4, 0.5) is 14.5 Å². The van der Waals surface area contributed by atoms with Gasteiger partial charge in [-0.25, -0.2) is 8.78 Å². The van der Waals surface area contributed by atoms with E-state index in [0.717, 1.165) is 33.8 Å². The molecule has 2 atom stereocenters. The molecular formula is C28H24F2N4O. The molecule has 1 fully saturated rings. The van der Waals surface area contributed by atoms with Crippen LogP contribution in [0, 0.1) is 23.0 Å². The Balaban J connectivity index is 1.74. The molecule has 2 heterocycles. The lowest BCUT2D eigenvalue weighted by molar-refractivity contribution is 0.0731. The summed E-state index contributed by atoms with van der Waals surface area (Å²) in [6.45, 7) is 1.20. The van der Waals surface area contributed by atoms with Crippen molar-refractivity contribution in [2.45, 2.75) is 18.6 Å². The molecule has 0 aliphatic carbocycles. The summed E-state index contributed by atoms with van der Waals surface area (Å²) in [6.07, 6.45) is 2.20. The number of nitrogens with zero attached hydrogens (tertiary/aromatic N) is 3. The Bertz CT molecular complexity index is 1430. The minimum atomic E-state index is -0.649. The van der Waals surface area contributed by atoms with E-state index in [4.69, 9.17) is 10.5 Å². The summed E-state index contributed by atoms with van der Waals surface area (Å²) >= 11 is 0. The molecule has 176 valence electrons. The van der Waals surface area contributed by atoms with Gasteiger partial charge in [0.05, 0.1) is 28.9 Å². The number of pyridine rings is 1. The topological polar surface area (TPSA) is 75.2 Å². The third-order valence-corrected chi connectivity index (χ3v) is 6.57. The molecule has 0 radical (unpaired) electrons. The van der Waals surface area contributed by atoms with E-state index in [-0.39, 0.29) is 12.1 Å². The van der Waals surface area contributed by atoms with Crippen molar-refractivity contribution in [3.63, 3.8) is 0 Å². The molecule has 1 aliphatic rings. The van der Waals surface area contributed by atoms with Gasteiger partial charge >= 0.3 is 0 Å². The van der Waals surface area contributed by atoms with Gasteiger partial charge in [0, 0.05) is 49.5 Å². The summed E-state index contributed by atoms with van der Waals surface area (Å²) in [4.78, 5) is 6.78. The van der Waals surface area contributed by atoms with Crippen LogP contribution in [-0.2, 0) is 4.74 Å². The molecule has 4 aromatic rings. The van der Waals surface area contributed by atoms with Gasteiger partial charge in [-0.1, -0.05) is 18.2 Å². The third-order valence-electron chi connectivity index (χ3n) is 6.57. The lowest BCUT2D eigenvalue weighted by atomic mass is 9.95. The summed E-state index contributed by atoms with van der Waals surface area (Å²) < 4.78 is 34.0. The standard InChI is InChI=1S/C28H24F2N4O/c1-35-27-16-34(8-7-25(27)32)28-23-12-19(18-4-2-3-17(9-18)14-31)5-6-26(23)33-15-24(28)20-10-21(29)13-22(30)11-20/h2-6,9-13,15,25,27H,7-8,16,32H2,1H3/t25-,27-/m0/s1. The number of fused-ring (bicyclic) bond motifs is 1. The molecule has 0 unspecified atom stereocenters. The van der Waals surface area contributed by atoms with Crippen LogP contribution in [-0.4, -0.2) is 37.3 Å². The van der Waals surface area contributed by atoms with Gasteiger partial charge in [-0.05, 0) is 59.5 Å². The minimum Gasteiger partial charge on any atom is -0.378 e. The SMILES string of the molecule is CO[C@H]1CN(c2c(-c3cc(F)cc(F)c3)cnc3ccc(-c4cccc(C#N)c4)cc23)CC[C@@H]1N. The number of hydrogen-bond acceptors (Lipinski definition) is 5. The molecule has 5 rings (SSSR count). The predicted octanol–water partition coefficient (Wildman–Crippen LogP) is 5.27. The molecule has 1 aliphatic heterocycles. The number of benzene rings is 3. The molecule has 0 bridgehead atoms. The molecule has 2 N–H and O–H groups in total. The lowest BCUT2D eigenvalue weighted by Gasteiger charge is -2.38. The number of rotatable bonds is 4. The highest BCUT2D eigenvalue weighted by Crippen LogP contribution is 2.40. The number of nitrogens with two attached hydrogens (primary N) is 1. The van der Waals surface area contributed by atoms with Crippen molar-refractivity contribution >= 4 is 16.6 Å². The van der Waals surface area contributed by atoms with E-state index in [1.165, 1.54) is 12.1 Å². The van der Waals surface area contributed by atoms with Gasteiger partial charge in [-0.3, -0.25) is 4.98 Å². The van der Waals surface area contributed by atoms with E-state index in [0.29, 0.717) is 36.2 Å². The van der Waals surface area contributed by atoms with Crippen LogP contribution in [0.25, 0.3) is 33.2 Å². The highest BCUT2D eigenvalue weighted by molar-refractivity contribution is 6.01. The zero-order chi connectivity index (χ0) is 24.5. The van der Waals surface area contributed by atoms with Gasteiger partial charge in [0.25, 0.3) is 0 Å². The number of halogens is 2. The molecule has 0 spiro atoms. The average Bonchev–Trinajstić information content (AvgIpc) is 2.87. The molecule has 3 aromatic carbocycles. The number of anilines is 1. The molecule has 0 amide bonds. The molecule has 0 saturated carbocycles. The number of methoxy groups -OCH3 is 1. The van der Waals surface area contributed by atoms with Crippen LogP contribution in [0.2, 0.25) is 0 Å². The summed E-state index contributed by atoms with van der Waals surface area (Å²) in [7, 11) is 1.64. The first-order chi connectivity index (χ1) is 17.0. The van der Waals surface area contributed by atoms with E-state index in [1.54, 1.807) is 19.4 Å². The van der Waals surface area contributed by atoms with Crippen LogP contribution in [0.5, 0.6) is 0 Å². The fraction of sp³-hybridized carbons (Fsp3) is 0.214. The van der Waals surface area contributed by atoms with Crippen molar-refractivity contribution in [1.82, 2.24) is 4.98 Å². The second-order valence-electron chi connectivity index (χ2n) is 8.78. The zero-order valence-corrected chi connectivity index (χ0v) is 19.2. The third kappa shape index (κ3) is 4.46. The number of aromatic nitrogens is 1. The van der Waals surface area contributed by atoms with Crippen molar-refractivity contribution in [2.24, 2.45) is 5.73 Å². The Morgan fingerprint density at radius 2 is 1.80 bits per heavy atom. The molecule has 35 heavy (non-hydrogen) atoms. The van der Waals surface area contributed by atoms with Crippen molar-refractivity contribution in [2.75, 3.05) is 25.1 Å². The Morgan fingerprint density at radius 1 is 1.03 bits per heavy atom. The Kier molecular flexibility index (Phi) is 6.16. The monoisotopic (exact) mass is 470 g/mol. The number of nitriles is 1. The lowest BCUT2D eigenvalue weighted by Crippen LogP contribution is -2.51. The first-order valence-electron chi connectivity index (χ1n) is 11.4.